The van der Waals surface area contributed by atoms with Gasteiger partial charge in [0.1, 0.15) is 0 Å². The van der Waals surface area contributed by atoms with Crippen molar-refractivity contribution in [2.75, 3.05) is 22.4 Å². The molecular weight excluding hydrogens is 364 g/mol. The fourth-order valence-corrected chi connectivity index (χ4v) is 4.49. The maximum atomic E-state index is 12.2. The monoisotopic (exact) mass is 388 g/mol. The molecule has 0 saturated heterocycles. The molecule has 1 aliphatic carbocycles. The van der Waals surface area contributed by atoms with Crippen molar-refractivity contribution in [1.82, 2.24) is 0 Å². The van der Waals surface area contributed by atoms with Crippen molar-refractivity contribution >= 4 is 27.5 Å². The van der Waals surface area contributed by atoms with E-state index >= 15 is 0 Å². The zero-order valence-corrected chi connectivity index (χ0v) is 16.1. The van der Waals surface area contributed by atoms with Crippen molar-refractivity contribution < 1.29 is 17.9 Å². The molecule has 0 radical (unpaired) electrons. The van der Waals surface area contributed by atoms with Gasteiger partial charge in [0.05, 0.1) is 12.4 Å². The molecule has 144 valence electrons. The standard InChI is InChI=1S/C20H24N2O4S/c1-2-26-20(23)21-18-10-6-16(7-11-18)17-8-12-19(13-9-17)22-27(24,25)14-15-4-3-5-15/h6-13,15,22H,2-5,14H2,1H3,(H,21,23). The third-order valence-electron chi connectivity index (χ3n) is 4.58. The van der Waals surface area contributed by atoms with Crippen LogP contribution in [0.3, 0.4) is 0 Å². The van der Waals surface area contributed by atoms with Gasteiger partial charge in [-0.15, -0.1) is 0 Å². The Morgan fingerprint density at radius 3 is 2.04 bits per heavy atom. The molecule has 0 spiro atoms. The molecule has 0 unspecified atom stereocenters. The van der Waals surface area contributed by atoms with Gasteiger partial charge in [-0.05, 0) is 61.1 Å². The number of anilines is 2. The molecule has 6 nitrogen and oxygen atoms in total. The number of carbonyl (C=O) groups is 1. The zero-order valence-electron chi connectivity index (χ0n) is 15.3. The van der Waals surface area contributed by atoms with Crippen molar-refractivity contribution in [3.63, 3.8) is 0 Å². The van der Waals surface area contributed by atoms with E-state index in [2.05, 4.69) is 10.0 Å². The van der Waals surface area contributed by atoms with E-state index in [0.29, 0.717) is 23.9 Å². The van der Waals surface area contributed by atoms with Gasteiger partial charge in [0, 0.05) is 11.4 Å². The van der Waals surface area contributed by atoms with Gasteiger partial charge in [-0.2, -0.15) is 0 Å². The highest BCUT2D eigenvalue weighted by atomic mass is 32.2. The first kappa shape index (κ1) is 19.2. The van der Waals surface area contributed by atoms with Crippen LogP contribution in [0, 0.1) is 5.92 Å². The molecule has 0 heterocycles. The number of ether oxygens (including phenoxy) is 1. The minimum Gasteiger partial charge on any atom is -0.450 e. The summed E-state index contributed by atoms with van der Waals surface area (Å²) in [6, 6.07) is 14.6. The second-order valence-electron chi connectivity index (χ2n) is 6.68. The number of amides is 1. The lowest BCUT2D eigenvalue weighted by molar-refractivity contribution is 0.168. The van der Waals surface area contributed by atoms with Crippen molar-refractivity contribution in [3.05, 3.63) is 48.5 Å². The van der Waals surface area contributed by atoms with Gasteiger partial charge in [-0.1, -0.05) is 30.7 Å². The molecule has 0 aliphatic heterocycles. The fraction of sp³-hybridized carbons (Fsp3) is 0.350. The van der Waals surface area contributed by atoms with Gasteiger partial charge >= 0.3 is 6.09 Å². The Kier molecular flexibility index (Phi) is 6.01. The molecule has 0 aromatic heterocycles. The number of nitrogens with one attached hydrogen (secondary N) is 2. The van der Waals surface area contributed by atoms with E-state index in [1.807, 2.05) is 24.3 Å². The molecule has 0 atom stereocenters. The highest BCUT2D eigenvalue weighted by Crippen LogP contribution is 2.28. The van der Waals surface area contributed by atoms with Crippen molar-refractivity contribution in [3.8, 4) is 11.1 Å². The Bertz CT molecular complexity index is 873. The molecule has 27 heavy (non-hydrogen) atoms. The van der Waals surface area contributed by atoms with E-state index in [0.717, 1.165) is 30.4 Å². The van der Waals surface area contributed by atoms with E-state index in [-0.39, 0.29) is 5.75 Å². The summed E-state index contributed by atoms with van der Waals surface area (Å²) in [5.41, 5.74) is 3.14. The van der Waals surface area contributed by atoms with Gasteiger partial charge < -0.3 is 4.74 Å². The van der Waals surface area contributed by atoms with Crippen LogP contribution < -0.4 is 10.0 Å². The molecule has 3 rings (SSSR count). The number of hydrogen-bond donors (Lipinski definition) is 2. The Hall–Kier alpha value is -2.54. The molecule has 0 bridgehead atoms. The number of hydrogen-bond acceptors (Lipinski definition) is 4. The minimum atomic E-state index is -3.30. The first-order valence-electron chi connectivity index (χ1n) is 9.10. The average molecular weight is 388 g/mol. The van der Waals surface area contributed by atoms with Crippen molar-refractivity contribution in [2.24, 2.45) is 5.92 Å². The molecule has 1 amide bonds. The minimum absolute atomic E-state index is 0.198. The summed E-state index contributed by atoms with van der Waals surface area (Å²) in [7, 11) is -3.30. The van der Waals surface area contributed by atoms with E-state index in [1.54, 1.807) is 31.2 Å². The highest BCUT2D eigenvalue weighted by Gasteiger charge is 2.24. The lowest BCUT2D eigenvalue weighted by Crippen LogP contribution is -2.26. The largest absolute Gasteiger partial charge is 0.450 e. The smallest absolute Gasteiger partial charge is 0.411 e. The fourth-order valence-electron chi connectivity index (χ4n) is 2.95. The second kappa shape index (κ2) is 8.43. The summed E-state index contributed by atoms with van der Waals surface area (Å²) >= 11 is 0. The van der Waals surface area contributed by atoms with Crippen LogP contribution in [0.2, 0.25) is 0 Å². The Morgan fingerprint density at radius 2 is 1.56 bits per heavy atom. The number of sulfonamides is 1. The van der Waals surface area contributed by atoms with Crippen LogP contribution in [-0.4, -0.2) is 26.9 Å². The van der Waals surface area contributed by atoms with Gasteiger partial charge in [0.2, 0.25) is 10.0 Å². The van der Waals surface area contributed by atoms with Crippen LogP contribution in [0.25, 0.3) is 11.1 Å². The summed E-state index contributed by atoms with van der Waals surface area (Å²) in [4.78, 5) is 11.4. The zero-order chi connectivity index (χ0) is 19.3. The third-order valence-corrected chi connectivity index (χ3v) is 6.04. The summed E-state index contributed by atoms with van der Waals surface area (Å²) < 4.78 is 31.8. The summed E-state index contributed by atoms with van der Waals surface area (Å²) in [6.07, 6.45) is 2.65. The van der Waals surface area contributed by atoms with Gasteiger partial charge in [0.15, 0.2) is 0 Å². The summed E-state index contributed by atoms with van der Waals surface area (Å²) in [5, 5.41) is 2.64. The first-order chi connectivity index (χ1) is 12.9. The Labute approximate surface area is 160 Å². The van der Waals surface area contributed by atoms with E-state index in [9.17, 15) is 13.2 Å². The van der Waals surface area contributed by atoms with Gasteiger partial charge in [0.25, 0.3) is 0 Å². The van der Waals surface area contributed by atoms with Gasteiger partial charge in [-0.3, -0.25) is 10.0 Å². The molecule has 1 saturated carbocycles. The van der Waals surface area contributed by atoms with Crippen LogP contribution >= 0.6 is 0 Å². The summed E-state index contributed by atoms with van der Waals surface area (Å²) in [6.45, 7) is 2.07. The average Bonchev–Trinajstić information content (AvgIpc) is 2.60. The first-order valence-corrected chi connectivity index (χ1v) is 10.7. The summed E-state index contributed by atoms with van der Waals surface area (Å²) in [5.74, 6) is 0.493. The number of rotatable bonds is 7. The number of carbonyl (C=O) groups excluding carboxylic acids is 1. The van der Waals surface area contributed by atoms with Crippen molar-refractivity contribution in [1.29, 1.82) is 0 Å². The van der Waals surface area contributed by atoms with E-state index in [1.165, 1.54) is 0 Å². The van der Waals surface area contributed by atoms with E-state index < -0.39 is 16.1 Å². The quantitative estimate of drug-likeness (QED) is 0.733. The number of benzene rings is 2. The molecule has 2 aromatic rings. The van der Waals surface area contributed by atoms with Gasteiger partial charge in [-0.25, -0.2) is 13.2 Å². The predicted octanol–water partition coefficient (Wildman–Crippen LogP) is 4.46. The van der Waals surface area contributed by atoms with Crippen LogP contribution in [-0.2, 0) is 14.8 Å². The molecule has 1 fully saturated rings. The normalized spacial score (nSPS) is 14.3. The van der Waals surface area contributed by atoms with Crippen LogP contribution in [0.5, 0.6) is 0 Å². The van der Waals surface area contributed by atoms with Crippen LogP contribution in [0.15, 0.2) is 48.5 Å². The molecular formula is C20H24N2O4S. The molecule has 2 N–H and O–H groups in total. The predicted molar refractivity (Wildman–Crippen MR) is 107 cm³/mol. The third kappa shape index (κ3) is 5.47. The maximum Gasteiger partial charge on any atom is 0.411 e. The molecule has 1 aliphatic rings. The highest BCUT2D eigenvalue weighted by molar-refractivity contribution is 7.92. The lowest BCUT2D eigenvalue weighted by atomic mass is 9.87. The molecule has 7 heteroatoms. The second-order valence-corrected chi connectivity index (χ2v) is 8.45. The Morgan fingerprint density at radius 1 is 1.00 bits per heavy atom. The Balaban J connectivity index is 1.62. The van der Waals surface area contributed by atoms with E-state index in [4.69, 9.17) is 4.74 Å². The SMILES string of the molecule is CCOC(=O)Nc1ccc(-c2ccc(NS(=O)(=O)CC3CCC3)cc2)cc1. The van der Waals surface area contributed by atoms with Crippen molar-refractivity contribution in [2.45, 2.75) is 26.2 Å². The maximum absolute atomic E-state index is 12.2. The lowest BCUT2D eigenvalue weighted by Gasteiger charge is -2.25. The van der Waals surface area contributed by atoms with Crippen LogP contribution in [0.1, 0.15) is 26.2 Å². The topological polar surface area (TPSA) is 84.5 Å². The van der Waals surface area contributed by atoms with Crippen LogP contribution in [0.4, 0.5) is 16.2 Å². The molecule has 2 aromatic carbocycles.